The van der Waals surface area contributed by atoms with Crippen LogP contribution in [0.25, 0.3) is 0 Å². The van der Waals surface area contributed by atoms with Gasteiger partial charge >= 0.3 is 5.97 Å². The van der Waals surface area contributed by atoms with E-state index in [0.29, 0.717) is 13.0 Å². The van der Waals surface area contributed by atoms with Crippen molar-refractivity contribution in [2.24, 2.45) is 22.7 Å². The fourth-order valence-electron chi connectivity index (χ4n) is 6.96. The highest BCUT2D eigenvalue weighted by Crippen LogP contribution is 2.67. The Morgan fingerprint density at radius 1 is 1.25 bits per heavy atom. The number of hydrogen-bond donors (Lipinski definition) is 1. The molecule has 0 bridgehead atoms. The first-order valence-corrected chi connectivity index (χ1v) is 10.4. The molecule has 2 heterocycles. The van der Waals surface area contributed by atoms with Crippen LogP contribution in [0.15, 0.2) is 12.3 Å². The molecule has 0 unspecified atom stereocenters. The molecule has 2 spiro atoms. The third kappa shape index (κ3) is 2.40. The Morgan fingerprint density at radius 2 is 1.96 bits per heavy atom. The van der Waals surface area contributed by atoms with Crippen LogP contribution >= 0.6 is 0 Å². The smallest absolute Gasteiger partial charge is 0.302 e. The maximum atomic E-state index is 13.2. The second kappa shape index (κ2) is 6.05. The molecule has 0 radical (unpaired) electrons. The minimum absolute atomic E-state index is 0.168. The van der Waals surface area contributed by atoms with Gasteiger partial charge in [-0.05, 0) is 31.8 Å². The van der Waals surface area contributed by atoms with Gasteiger partial charge in [-0.3, -0.25) is 9.59 Å². The number of esters is 1. The van der Waals surface area contributed by atoms with Crippen LogP contribution in [0.3, 0.4) is 0 Å². The molecular formula is C22H32O6. The second-order valence-electron chi connectivity index (χ2n) is 10.1. The summed E-state index contributed by atoms with van der Waals surface area (Å²) in [6.07, 6.45) is 5.21. The second-order valence-corrected chi connectivity index (χ2v) is 10.1. The molecule has 28 heavy (non-hydrogen) atoms. The minimum Gasteiger partial charge on any atom is -0.498 e. The SMILES string of the molecule is CC(=O)O[C@@H]1CC[C@@]2(C)[C@@H]([C@H](O)C(=O)[C@@H](C)[C@]23CC[C@]2(C=COC2)O3)C1(C)C. The maximum absolute atomic E-state index is 13.2. The minimum atomic E-state index is -1.09. The Kier molecular flexibility index (Phi) is 4.30. The normalized spacial score (nSPS) is 49.3. The van der Waals surface area contributed by atoms with Crippen molar-refractivity contribution < 1.29 is 28.9 Å². The number of aliphatic hydroxyl groups is 1. The molecule has 2 aliphatic heterocycles. The van der Waals surface area contributed by atoms with Crippen molar-refractivity contribution in [1.29, 1.82) is 0 Å². The standard InChI is InChI=1S/C22H32O6/c1-13-16(24)17(25)18-19(3,4)15(27-14(2)23)6-7-20(18,5)22(13)9-8-21(28-22)10-11-26-12-21/h10-11,13,15,17-18,25H,6-9,12H2,1-5H3/t13-,15-,17-,18+,20+,21-,22-/m1/s1. The Balaban J connectivity index is 1.79. The maximum Gasteiger partial charge on any atom is 0.302 e. The molecular weight excluding hydrogens is 360 g/mol. The number of ether oxygens (including phenoxy) is 3. The van der Waals surface area contributed by atoms with Crippen molar-refractivity contribution in [2.45, 2.75) is 83.7 Å². The largest absolute Gasteiger partial charge is 0.498 e. The molecule has 0 aromatic heterocycles. The molecule has 4 aliphatic rings. The third-order valence-corrected chi connectivity index (χ3v) is 8.35. The lowest BCUT2D eigenvalue weighted by Gasteiger charge is -2.65. The van der Waals surface area contributed by atoms with E-state index in [-0.39, 0.29) is 23.8 Å². The number of carbonyl (C=O) groups excluding carboxylic acids is 2. The van der Waals surface area contributed by atoms with Crippen molar-refractivity contribution >= 4 is 11.8 Å². The average Bonchev–Trinajstić information content (AvgIpc) is 3.23. The van der Waals surface area contributed by atoms with Crippen molar-refractivity contribution in [2.75, 3.05) is 6.61 Å². The van der Waals surface area contributed by atoms with Crippen LogP contribution in [0.2, 0.25) is 0 Å². The molecule has 6 heteroatoms. The molecule has 0 aromatic carbocycles. The zero-order chi connectivity index (χ0) is 20.5. The fourth-order valence-corrected chi connectivity index (χ4v) is 6.96. The summed E-state index contributed by atoms with van der Waals surface area (Å²) in [7, 11) is 0. The topological polar surface area (TPSA) is 82.1 Å². The summed E-state index contributed by atoms with van der Waals surface area (Å²) in [6, 6.07) is 0. The summed E-state index contributed by atoms with van der Waals surface area (Å²) in [4.78, 5) is 24.9. The number of ketones is 1. The van der Waals surface area contributed by atoms with Crippen molar-refractivity contribution in [3.63, 3.8) is 0 Å². The van der Waals surface area contributed by atoms with E-state index in [2.05, 4.69) is 6.92 Å². The molecule has 2 saturated carbocycles. The summed E-state index contributed by atoms with van der Waals surface area (Å²) in [5.41, 5.74) is -2.12. The van der Waals surface area contributed by atoms with Gasteiger partial charge in [0, 0.05) is 29.6 Å². The molecule has 1 N–H and O–H groups in total. The van der Waals surface area contributed by atoms with Crippen LogP contribution in [0, 0.1) is 22.7 Å². The van der Waals surface area contributed by atoms with Gasteiger partial charge < -0.3 is 19.3 Å². The molecule has 7 atom stereocenters. The third-order valence-electron chi connectivity index (χ3n) is 8.35. The summed E-state index contributed by atoms with van der Waals surface area (Å²) in [5.74, 6) is -1.26. The molecule has 0 amide bonds. The van der Waals surface area contributed by atoms with E-state index < -0.39 is 34.1 Å². The molecule has 2 aliphatic carbocycles. The average molecular weight is 392 g/mol. The van der Waals surface area contributed by atoms with Crippen LogP contribution in [-0.2, 0) is 23.8 Å². The molecule has 156 valence electrons. The van der Waals surface area contributed by atoms with E-state index in [9.17, 15) is 14.7 Å². The first kappa shape index (κ1) is 19.9. The van der Waals surface area contributed by atoms with Crippen molar-refractivity contribution in [1.82, 2.24) is 0 Å². The van der Waals surface area contributed by atoms with Crippen LogP contribution in [0.1, 0.15) is 60.3 Å². The van der Waals surface area contributed by atoms with E-state index in [1.54, 1.807) is 6.26 Å². The van der Waals surface area contributed by atoms with Gasteiger partial charge in [0.15, 0.2) is 5.78 Å². The van der Waals surface area contributed by atoms with E-state index in [4.69, 9.17) is 14.2 Å². The summed E-state index contributed by atoms with van der Waals surface area (Å²) < 4.78 is 17.9. The molecule has 0 aromatic rings. The fraction of sp³-hybridized carbons (Fsp3) is 0.818. The number of aliphatic hydroxyl groups excluding tert-OH is 1. The summed E-state index contributed by atoms with van der Waals surface area (Å²) in [5, 5.41) is 11.1. The molecule has 1 saturated heterocycles. The lowest BCUT2D eigenvalue weighted by atomic mass is 9.42. The number of carbonyl (C=O) groups is 2. The number of fused-ring (bicyclic) bond motifs is 2. The quantitative estimate of drug-likeness (QED) is 0.691. The molecule has 4 rings (SSSR count). The van der Waals surface area contributed by atoms with Gasteiger partial charge in [0.1, 0.15) is 24.4 Å². The van der Waals surface area contributed by atoms with Crippen molar-refractivity contribution in [3.8, 4) is 0 Å². The van der Waals surface area contributed by atoms with E-state index in [0.717, 1.165) is 19.3 Å². The zero-order valence-electron chi connectivity index (χ0n) is 17.5. The summed E-state index contributed by atoms with van der Waals surface area (Å²) in [6.45, 7) is 9.95. The van der Waals surface area contributed by atoms with Gasteiger partial charge in [0.25, 0.3) is 0 Å². The van der Waals surface area contributed by atoms with Crippen LogP contribution < -0.4 is 0 Å². The van der Waals surface area contributed by atoms with Crippen LogP contribution in [-0.4, -0.2) is 46.9 Å². The number of Topliss-reactive ketones (excluding diaryl/α,β-unsaturated/α-hetero) is 1. The highest BCUT2D eigenvalue weighted by molar-refractivity contribution is 5.88. The van der Waals surface area contributed by atoms with Crippen LogP contribution in [0.5, 0.6) is 0 Å². The first-order valence-electron chi connectivity index (χ1n) is 10.4. The zero-order valence-corrected chi connectivity index (χ0v) is 17.5. The number of hydrogen-bond acceptors (Lipinski definition) is 6. The highest BCUT2D eigenvalue weighted by atomic mass is 16.6. The van der Waals surface area contributed by atoms with E-state index in [1.807, 2.05) is 26.8 Å². The Bertz CT molecular complexity index is 729. The highest BCUT2D eigenvalue weighted by Gasteiger charge is 2.73. The van der Waals surface area contributed by atoms with Gasteiger partial charge in [-0.25, -0.2) is 0 Å². The molecule has 3 fully saturated rings. The lowest BCUT2D eigenvalue weighted by molar-refractivity contribution is -0.268. The van der Waals surface area contributed by atoms with Crippen LogP contribution in [0.4, 0.5) is 0 Å². The lowest BCUT2D eigenvalue weighted by Crippen LogP contribution is -2.72. The number of rotatable bonds is 1. The van der Waals surface area contributed by atoms with Gasteiger partial charge in [-0.15, -0.1) is 0 Å². The van der Waals surface area contributed by atoms with E-state index >= 15 is 0 Å². The predicted octanol–water partition coefficient (Wildman–Crippen LogP) is 2.77. The predicted molar refractivity (Wildman–Crippen MR) is 101 cm³/mol. The Labute approximate surface area is 166 Å². The van der Waals surface area contributed by atoms with Gasteiger partial charge in [-0.1, -0.05) is 27.7 Å². The molecule has 6 nitrogen and oxygen atoms in total. The summed E-state index contributed by atoms with van der Waals surface area (Å²) >= 11 is 0. The Morgan fingerprint density at radius 3 is 2.57 bits per heavy atom. The Hall–Kier alpha value is -1.40. The monoisotopic (exact) mass is 392 g/mol. The van der Waals surface area contributed by atoms with Gasteiger partial charge in [0.05, 0.1) is 11.9 Å². The van der Waals surface area contributed by atoms with E-state index in [1.165, 1.54) is 6.92 Å². The van der Waals surface area contributed by atoms with Gasteiger partial charge in [0.2, 0.25) is 0 Å². The van der Waals surface area contributed by atoms with Crippen molar-refractivity contribution in [3.05, 3.63) is 12.3 Å². The van der Waals surface area contributed by atoms with Gasteiger partial charge in [-0.2, -0.15) is 0 Å². The first-order chi connectivity index (χ1) is 13.0.